The van der Waals surface area contributed by atoms with Crippen LogP contribution in [-0.4, -0.2) is 22.8 Å². The SMILES string of the molecule is C=C(Cc1cc(Br)nnc1Br)C(=O)OCC. The van der Waals surface area contributed by atoms with E-state index in [2.05, 4.69) is 48.6 Å². The minimum Gasteiger partial charge on any atom is -0.463 e. The van der Waals surface area contributed by atoms with Gasteiger partial charge in [-0.25, -0.2) is 4.79 Å². The van der Waals surface area contributed by atoms with Crippen molar-refractivity contribution in [2.45, 2.75) is 13.3 Å². The molecule has 86 valence electrons. The Morgan fingerprint density at radius 3 is 2.81 bits per heavy atom. The van der Waals surface area contributed by atoms with Crippen LogP contribution in [0.15, 0.2) is 27.4 Å². The monoisotopic (exact) mass is 348 g/mol. The molecule has 0 atom stereocenters. The molecule has 0 saturated carbocycles. The van der Waals surface area contributed by atoms with E-state index in [-0.39, 0.29) is 5.97 Å². The van der Waals surface area contributed by atoms with Gasteiger partial charge in [0.1, 0.15) is 9.21 Å². The van der Waals surface area contributed by atoms with Crippen LogP contribution in [-0.2, 0) is 16.0 Å². The van der Waals surface area contributed by atoms with Crippen LogP contribution in [0.2, 0.25) is 0 Å². The lowest BCUT2D eigenvalue weighted by Gasteiger charge is -2.06. The summed E-state index contributed by atoms with van der Waals surface area (Å²) in [5, 5.41) is 7.67. The van der Waals surface area contributed by atoms with Crippen molar-refractivity contribution in [2.75, 3.05) is 6.61 Å². The van der Waals surface area contributed by atoms with E-state index in [1.807, 2.05) is 0 Å². The van der Waals surface area contributed by atoms with Crippen molar-refractivity contribution < 1.29 is 9.53 Å². The lowest BCUT2D eigenvalue weighted by Crippen LogP contribution is -2.09. The first-order chi connectivity index (χ1) is 7.54. The zero-order valence-corrected chi connectivity index (χ0v) is 11.8. The first kappa shape index (κ1) is 13.3. The quantitative estimate of drug-likeness (QED) is 0.619. The molecule has 0 amide bonds. The average Bonchev–Trinajstić information content (AvgIpc) is 2.23. The third-order valence-electron chi connectivity index (χ3n) is 1.76. The molecule has 0 radical (unpaired) electrons. The lowest BCUT2D eigenvalue weighted by atomic mass is 10.1. The van der Waals surface area contributed by atoms with Gasteiger partial charge in [-0.2, -0.15) is 0 Å². The van der Waals surface area contributed by atoms with Crippen molar-refractivity contribution in [1.82, 2.24) is 10.2 Å². The number of nitrogens with zero attached hydrogens (tertiary/aromatic N) is 2. The van der Waals surface area contributed by atoms with Crippen molar-refractivity contribution in [3.05, 3.63) is 33.0 Å². The van der Waals surface area contributed by atoms with Gasteiger partial charge in [-0.1, -0.05) is 6.58 Å². The average molecular weight is 350 g/mol. The fourth-order valence-corrected chi connectivity index (χ4v) is 1.74. The van der Waals surface area contributed by atoms with E-state index in [0.717, 1.165) is 5.56 Å². The normalized spacial score (nSPS) is 9.94. The Hall–Kier alpha value is -0.750. The highest BCUT2D eigenvalue weighted by Gasteiger charge is 2.12. The number of esters is 1. The van der Waals surface area contributed by atoms with Gasteiger partial charge in [0, 0.05) is 12.0 Å². The van der Waals surface area contributed by atoms with Crippen LogP contribution >= 0.6 is 31.9 Å². The summed E-state index contributed by atoms with van der Waals surface area (Å²) in [6.07, 6.45) is 0.382. The molecule has 1 aromatic heterocycles. The van der Waals surface area contributed by atoms with Gasteiger partial charge in [0.2, 0.25) is 0 Å². The van der Waals surface area contributed by atoms with Crippen LogP contribution in [0.25, 0.3) is 0 Å². The Kier molecular flexibility index (Phi) is 5.08. The Balaban J connectivity index is 2.76. The summed E-state index contributed by atoms with van der Waals surface area (Å²) >= 11 is 6.47. The van der Waals surface area contributed by atoms with E-state index < -0.39 is 0 Å². The van der Waals surface area contributed by atoms with Gasteiger partial charge >= 0.3 is 5.97 Å². The Labute approximate surface area is 110 Å². The molecule has 0 unspecified atom stereocenters. The first-order valence-corrected chi connectivity index (χ1v) is 6.15. The highest BCUT2D eigenvalue weighted by molar-refractivity contribution is 9.10. The smallest absolute Gasteiger partial charge is 0.333 e. The van der Waals surface area contributed by atoms with Crippen LogP contribution in [0.1, 0.15) is 12.5 Å². The van der Waals surface area contributed by atoms with Gasteiger partial charge in [-0.05, 0) is 50.4 Å². The minimum atomic E-state index is -0.387. The van der Waals surface area contributed by atoms with E-state index in [0.29, 0.717) is 27.8 Å². The number of rotatable bonds is 4. The number of aromatic nitrogens is 2. The molecule has 1 heterocycles. The van der Waals surface area contributed by atoms with Crippen LogP contribution in [0, 0.1) is 0 Å². The maximum Gasteiger partial charge on any atom is 0.333 e. The van der Waals surface area contributed by atoms with Crippen LogP contribution in [0.3, 0.4) is 0 Å². The van der Waals surface area contributed by atoms with Gasteiger partial charge in [0.25, 0.3) is 0 Å². The van der Waals surface area contributed by atoms with Crippen LogP contribution in [0.4, 0.5) is 0 Å². The summed E-state index contributed by atoms with van der Waals surface area (Å²) in [6.45, 7) is 5.78. The topological polar surface area (TPSA) is 52.1 Å². The number of halogens is 2. The highest BCUT2D eigenvalue weighted by atomic mass is 79.9. The van der Waals surface area contributed by atoms with E-state index in [9.17, 15) is 4.79 Å². The number of ether oxygens (including phenoxy) is 1. The predicted molar refractivity (Wildman–Crippen MR) is 66.9 cm³/mol. The van der Waals surface area contributed by atoms with Crippen molar-refractivity contribution in [3.8, 4) is 0 Å². The van der Waals surface area contributed by atoms with Gasteiger partial charge in [0.05, 0.1) is 6.61 Å². The van der Waals surface area contributed by atoms with Crippen LogP contribution in [0.5, 0.6) is 0 Å². The second kappa shape index (κ2) is 6.10. The molecule has 0 spiro atoms. The van der Waals surface area contributed by atoms with E-state index in [1.165, 1.54) is 0 Å². The van der Waals surface area contributed by atoms with E-state index in [4.69, 9.17) is 4.74 Å². The maximum absolute atomic E-state index is 11.4. The molecule has 16 heavy (non-hydrogen) atoms. The second-order valence-corrected chi connectivity index (χ2v) is 4.55. The zero-order chi connectivity index (χ0) is 12.1. The van der Waals surface area contributed by atoms with Crippen molar-refractivity contribution in [3.63, 3.8) is 0 Å². The summed E-state index contributed by atoms with van der Waals surface area (Å²) in [7, 11) is 0. The Morgan fingerprint density at radius 1 is 1.50 bits per heavy atom. The summed E-state index contributed by atoms with van der Waals surface area (Å²) in [6, 6.07) is 1.78. The molecular weight excluding hydrogens is 340 g/mol. The molecule has 0 aliphatic carbocycles. The van der Waals surface area contributed by atoms with Crippen molar-refractivity contribution in [1.29, 1.82) is 0 Å². The molecule has 0 aliphatic rings. The Bertz CT molecular complexity index is 421. The van der Waals surface area contributed by atoms with Gasteiger partial charge in [-0.15, -0.1) is 10.2 Å². The molecular formula is C10H10Br2N2O2. The Morgan fingerprint density at radius 2 is 2.19 bits per heavy atom. The van der Waals surface area contributed by atoms with Gasteiger partial charge in [0.15, 0.2) is 0 Å². The molecule has 4 nitrogen and oxygen atoms in total. The van der Waals surface area contributed by atoms with E-state index >= 15 is 0 Å². The van der Waals surface area contributed by atoms with E-state index in [1.54, 1.807) is 13.0 Å². The molecule has 1 rings (SSSR count). The van der Waals surface area contributed by atoms with Crippen LogP contribution < -0.4 is 0 Å². The largest absolute Gasteiger partial charge is 0.463 e. The first-order valence-electron chi connectivity index (χ1n) is 4.57. The summed E-state index contributed by atoms with van der Waals surface area (Å²) in [5.41, 5.74) is 1.22. The number of hydrogen-bond donors (Lipinski definition) is 0. The zero-order valence-electron chi connectivity index (χ0n) is 8.67. The third kappa shape index (κ3) is 3.68. The standard InChI is InChI=1S/C10H10Br2N2O2/c1-3-16-10(15)6(2)4-7-5-8(11)13-14-9(7)12/h5H,2-4H2,1H3. The maximum atomic E-state index is 11.4. The predicted octanol–water partition coefficient (Wildman–Crippen LogP) is 2.66. The lowest BCUT2D eigenvalue weighted by molar-refractivity contribution is -0.138. The fraction of sp³-hybridized carbons (Fsp3) is 0.300. The molecule has 0 fully saturated rings. The number of carbonyl (C=O) groups excluding carboxylic acids is 1. The number of hydrogen-bond acceptors (Lipinski definition) is 4. The number of carbonyl (C=O) groups is 1. The summed E-state index contributed by atoms with van der Waals surface area (Å²) < 4.78 is 6.06. The summed E-state index contributed by atoms with van der Waals surface area (Å²) in [5.74, 6) is -0.387. The third-order valence-corrected chi connectivity index (χ3v) is 2.81. The molecule has 0 saturated heterocycles. The molecule has 6 heteroatoms. The molecule has 1 aromatic rings. The summed E-state index contributed by atoms with van der Waals surface area (Å²) in [4.78, 5) is 11.4. The highest BCUT2D eigenvalue weighted by Crippen LogP contribution is 2.19. The molecule has 0 bridgehead atoms. The molecule has 0 aromatic carbocycles. The van der Waals surface area contributed by atoms with Crippen molar-refractivity contribution >= 4 is 37.8 Å². The fourth-order valence-electron chi connectivity index (χ4n) is 1.05. The minimum absolute atomic E-state index is 0.345. The van der Waals surface area contributed by atoms with Gasteiger partial charge < -0.3 is 4.74 Å². The molecule has 0 aliphatic heterocycles. The second-order valence-electron chi connectivity index (χ2n) is 2.98. The van der Waals surface area contributed by atoms with Gasteiger partial charge in [-0.3, -0.25) is 0 Å². The van der Waals surface area contributed by atoms with Crippen molar-refractivity contribution in [2.24, 2.45) is 0 Å². The molecule has 0 N–H and O–H groups in total.